The van der Waals surface area contributed by atoms with Crippen molar-refractivity contribution >= 4 is 38.3 Å². The molecular formula is C12H11ClN4OS. The second kappa shape index (κ2) is 5.14. The number of nitrogens with one attached hydrogen (secondary N) is 1. The van der Waals surface area contributed by atoms with Gasteiger partial charge in [0.25, 0.3) is 0 Å². The van der Waals surface area contributed by atoms with Gasteiger partial charge in [-0.3, -0.25) is 0 Å². The quantitative estimate of drug-likeness (QED) is 0.800. The lowest BCUT2D eigenvalue weighted by atomic mass is 10.3. The van der Waals surface area contributed by atoms with Gasteiger partial charge in [0.2, 0.25) is 5.89 Å². The van der Waals surface area contributed by atoms with Gasteiger partial charge < -0.3 is 9.84 Å². The number of nitrogens with zero attached hydrogens (tertiary/aromatic N) is 3. The van der Waals surface area contributed by atoms with Crippen LogP contribution in [0.1, 0.15) is 11.7 Å². The Morgan fingerprint density at radius 1 is 1.37 bits per heavy atom. The predicted octanol–water partition coefficient (Wildman–Crippen LogP) is 3.30. The van der Waals surface area contributed by atoms with Gasteiger partial charge in [-0.15, -0.1) is 0 Å². The van der Waals surface area contributed by atoms with Gasteiger partial charge in [0.1, 0.15) is 0 Å². The lowest BCUT2D eigenvalue weighted by Gasteiger charge is -1.97. The van der Waals surface area contributed by atoms with Crippen molar-refractivity contribution in [2.75, 3.05) is 11.9 Å². The largest absolute Gasteiger partial charge is 0.361 e. The number of halogens is 1. The zero-order chi connectivity index (χ0) is 13.2. The molecule has 0 aliphatic rings. The van der Waals surface area contributed by atoms with Gasteiger partial charge in [0, 0.05) is 18.0 Å². The molecule has 0 saturated heterocycles. The van der Waals surface area contributed by atoms with E-state index in [0.29, 0.717) is 29.7 Å². The van der Waals surface area contributed by atoms with Gasteiger partial charge in [-0.2, -0.15) is 4.98 Å². The van der Waals surface area contributed by atoms with Crippen LogP contribution in [0.3, 0.4) is 0 Å². The van der Waals surface area contributed by atoms with E-state index in [4.69, 9.17) is 16.1 Å². The summed E-state index contributed by atoms with van der Waals surface area (Å²) in [6, 6.07) is 5.70. The van der Waals surface area contributed by atoms with Crippen LogP contribution in [0, 0.1) is 6.92 Å². The van der Waals surface area contributed by atoms with Gasteiger partial charge in [-0.1, -0.05) is 28.1 Å². The van der Waals surface area contributed by atoms with Gasteiger partial charge in [0.05, 0.1) is 10.2 Å². The molecule has 1 aromatic carbocycles. The van der Waals surface area contributed by atoms with Crippen molar-refractivity contribution in [2.24, 2.45) is 0 Å². The Kier molecular flexibility index (Phi) is 3.35. The average molecular weight is 295 g/mol. The van der Waals surface area contributed by atoms with E-state index in [9.17, 15) is 0 Å². The third kappa shape index (κ3) is 2.85. The minimum atomic E-state index is 0.633. The monoisotopic (exact) mass is 294 g/mol. The molecular weight excluding hydrogens is 284 g/mol. The Bertz CT molecular complexity index is 709. The van der Waals surface area contributed by atoms with Crippen molar-refractivity contribution in [3.63, 3.8) is 0 Å². The third-order valence-corrected chi connectivity index (χ3v) is 3.76. The number of hydrogen-bond donors (Lipinski definition) is 1. The van der Waals surface area contributed by atoms with Crippen molar-refractivity contribution in [3.05, 3.63) is 34.9 Å². The van der Waals surface area contributed by atoms with Crippen molar-refractivity contribution in [1.82, 2.24) is 15.1 Å². The topological polar surface area (TPSA) is 63.8 Å². The lowest BCUT2D eigenvalue weighted by Crippen LogP contribution is -2.04. The van der Waals surface area contributed by atoms with Crippen molar-refractivity contribution < 1.29 is 4.52 Å². The van der Waals surface area contributed by atoms with Gasteiger partial charge in [0.15, 0.2) is 11.0 Å². The minimum absolute atomic E-state index is 0.633. The fourth-order valence-corrected chi connectivity index (χ4v) is 2.73. The third-order valence-electron chi connectivity index (χ3n) is 2.53. The van der Waals surface area contributed by atoms with Crippen LogP contribution in [0.25, 0.3) is 10.2 Å². The summed E-state index contributed by atoms with van der Waals surface area (Å²) in [7, 11) is 0. The first kappa shape index (κ1) is 12.4. The van der Waals surface area contributed by atoms with E-state index in [0.717, 1.165) is 15.3 Å². The highest BCUT2D eigenvalue weighted by Crippen LogP contribution is 2.27. The van der Waals surface area contributed by atoms with E-state index in [1.807, 2.05) is 18.2 Å². The van der Waals surface area contributed by atoms with E-state index in [-0.39, 0.29) is 0 Å². The SMILES string of the molecule is Cc1noc(CCNc2nc3cc(Cl)ccc3s2)n1. The minimum Gasteiger partial charge on any atom is -0.361 e. The maximum absolute atomic E-state index is 5.93. The number of fused-ring (bicyclic) bond motifs is 1. The molecule has 0 unspecified atom stereocenters. The number of aryl methyl sites for hydroxylation is 1. The number of anilines is 1. The Balaban J connectivity index is 1.65. The van der Waals surface area contributed by atoms with Crippen LogP contribution in [0.4, 0.5) is 5.13 Å². The summed E-state index contributed by atoms with van der Waals surface area (Å²) >= 11 is 7.53. The van der Waals surface area contributed by atoms with Gasteiger partial charge in [-0.25, -0.2) is 4.98 Å². The zero-order valence-electron chi connectivity index (χ0n) is 10.2. The summed E-state index contributed by atoms with van der Waals surface area (Å²) in [5.74, 6) is 1.29. The van der Waals surface area contributed by atoms with E-state index in [2.05, 4.69) is 20.4 Å². The van der Waals surface area contributed by atoms with E-state index in [1.54, 1.807) is 18.3 Å². The van der Waals surface area contributed by atoms with Crippen LogP contribution in [-0.2, 0) is 6.42 Å². The van der Waals surface area contributed by atoms with Gasteiger partial charge in [-0.05, 0) is 25.1 Å². The molecule has 19 heavy (non-hydrogen) atoms. The fraction of sp³-hybridized carbons (Fsp3) is 0.250. The Hall–Kier alpha value is -1.66. The molecule has 3 rings (SSSR count). The Labute approximate surface area is 118 Å². The maximum atomic E-state index is 5.93. The maximum Gasteiger partial charge on any atom is 0.228 e. The molecule has 0 aliphatic heterocycles. The van der Waals surface area contributed by atoms with Crippen molar-refractivity contribution in [1.29, 1.82) is 0 Å². The van der Waals surface area contributed by atoms with Crippen LogP contribution in [-0.4, -0.2) is 21.7 Å². The summed E-state index contributed by atoms with van der Waals surface area (Å²) in [4.78, 5) is 8.61. The number of aromatic nitrogens is 3. The Morgan fingerprint density at radius 3 is 3.05 bits per heavy atom. The first-order chi connectivity index (χ1) is 9.20. The van der Waals surface area contributed by atoms with E-state index in [1.165, 1.54) is 0 Å². The zero-order valence-corrected chi connectivity index (χ0v) is 11.8. The standard InChI is InChI=1S/C12H11ClN4OS/c1-7-15-11(18-17-7)4-5-14-12-16-9-6-8(13)2-3-10(9)19-12/h2-3,6H,4-5H2,1H3,(H,14,16). The van der Waals surface area contributed by atoms with Gasteiger partial charge >= 0.3 is 0 Å². The lowest BCUT2D eigenvalue weighted by molar-refractivity contribution is 0.377. The van der Waals surface area contributed by atoms with E-state index >= 15 is 0 Å². The molecule has 0 atom stereocenters. The molecule has 0 fully saturated rings. The first-order valence-electron chi connectivity index (χ1n) is 5.80. The molecule has 0 bridgehead atoms. The van der Waals surface area contributed by atoms with Crippen LogP contribution >= 0.6 is 22.9 Å². The number of benzene rings is 1. The summed E-state index contributed by atoms with van der Waals surface area (Å²) in [6.07, 6.45) is 0.678. The normalized spacial score (nSPS) is 11.1. The first-order valence-corrected chi connectivity index (χ1v) is 6.99. The van der Waals surface area contributed by atoms with Crippen LogP contribution in [0.15, 0.2) is 22.7 Å². The highest BCUT2D eigenvalue weighted by molar-refractivity contribution is 7.22. The molecule has 0 aliphatic carbocycles. The van der Waals surface area contributed by atoms with Crippen molar-refractivity contribution in [2.45, 2.75) is 13.3 Å². The number of hydrogen-bond acceptors (Lipinski definition) is 6. The molecule has 0 radical (unpaired) electrons. The predicted molar refractivity (Wildman–Crippen MR) is 75.9 cm³/mol. The second-order valence-corrected chi connectivity index (χ2v) is 5.51. The molecule has 7 heteroatoms. The molecule has 0 amide bonds. The molecule has 98 valence electrons. The molecule has 5 nitrogen and oxygen atoms in total. The second-order valence-electron chi connectivity index (χ2n) is 4.04. The van der Waals surface area contributed by atoms with Crippen LogP contribution in [0.5, 0.6) is 0 Å². The highest BCUT2D eigenvalue weighted by Gasteiger charge is 2.05. The molecule has 1 N–H and O–H groups in total. The highest BCUT2D eigenvalue weighted by atomic mass is 35.5. The fourth-order valence-electron chi connectivity index (χ4n) is 1.69. The Morgan fingerprint density at radius 2 is 2.26 bits per heavy atom. The molecule has 3 aromatic rings. The summed E-state index contributed by atoms with van der Waals surface area (Å²) in [5.41, 5.74) is 0.911. The van der Waals surface area contributed by atoms with Crippen LogP contribution < -0.4 is 5.32 Å². The summed E-state index contributed by atoms with van der Waals surface area (Å²) < 4.78 is 6.15. The number of rotatable bonds is 4. The molecule has 0 spiro atoms. The summed E-state index contributed by atoms with van der Waals surface area (Å²) in [5, 5.41) is 8.56. The summed E-state index contributed by atoms with van der Waals surface area (Å²) in [6.45, 7) is 2.51. The molecule has 0 saturated carbocycles. The number of thiazole rings is 1. The molecule has 2 heterocycles. The van der Waals surface area contributed by atoms with Crippen molar-refractivity contribution in [3.8, 4) is 0 Å². The van der Waals surface area contributed by atoms with E-state index < -0.39 is 0 Å². The molecule has 2 aromatic heterocycles. The average Bonchev–Trinajstić information content (AvgIpc) is 2.95. The smallest absolute Gasteiger partial charge is 0.228 e. The van der Waals surface area contributed by atoms with Crippen LogP contribution in [0.2, 0.25) is 5.02 Å².